The molecule has 0 radical (unpaired) electrons. The van der Waals surface area contributed by atoms with Crippen molar-refractivity contribution in [2.45, 2.75) is 57.8 Å². The van der Waals surface area contributed by atoms with E-state index in [4.69, 9.17) is 11.6 Å². The first-order valence-electron chi connectivity index (χ1n) is 7.81. The van der Waals surface area contributed by atoms with E-state index in [0.717, 1.165) is 5.92 Å². The molecular formula is C18H23ClO. The SMILES string of the molecule is CC12CC3CC(C)(C1)CC(c1ccc(O)c(Cl)c1)(C3)C2. The highest BCUT2D eigenvalue weighted by molar-refractivity contribution is 6.32. The molecule has 1 aromatic rings. The Labute approximate surface area is 126 Å². The van der Waals surface area contributed by atoms with Gasteiger partial charge in [0.15, 0.2) is 0 Å². The Kier molecular flexibility index (Phi) is 2.43. The Balaban J connectivity index is 1.82. The van der Waals surface area contributed by atoms with E-state index in [9.17, 15) is 5.11 Å². The van der Waals surface area contributed by atoms with E-state index in [2.05, 4.69) is 19.9 Å². The van der Waals surface area contributed by atoms with Crippen LogP contribution < -0.4 is 0 Å². The maximum Gasteiger partial charge on any atom is 0.134 e. The number of rotatable bonds is 1. The Hall–Kier alpha value is -0.690. The third-order valence-corrected chi connectivity index (χ3v) is 6.49. The van der Waals surface area contributed by atoms with E-state index in [0.29, 0.717) is 21.3 Å². The first kappa shape index (κ1) is 13.0. The topological polar surface area (TPSA) is 20.2 Å². The zero-order valence-corrected chi connectivity index (χ0v) is 13.1. The Morgan fingerprint density at radius 1 is 1.05 bits per heavy atom. The number of aromatic hydroxyl groups is 1. The van der Waals surface area contributed by atoms with E-state index < -0.39 is 0 Å². The Bertz CT molecular complexity index is 561. The van der Waals surface area contributed by atoms with Gasteiger partial charge >= 0.3 is 0 Å². The maximum atomic E-state index is 9.69. The average molecular weight is 291 g/mol. The zero-order valence-electron chi connectivity index (χ0n) is 12.4. The van der Waals surface area contributed by atoms with Crippen molar-refractivity contribution < 1.29 is 5.11 Å². The molecule has 0 heterocycles. The lowest BCUT2D eigenvalue weighted by atomic mass is 9.39. The molecule has 4 saturated carbocycles. The highest BCUT2D eigenvalue weighted by atomic mass is 35.5. The number of benzene rings is 1. The van der Waals surface area contributed by atoms with E-state index in [1.807, 2.05) is 6.07 Å². The molecule has 0 aromatic heterocycles. The molecule has 0 aliphatic heterocycles. The minimum Gasteiger partial charge on any atom is -0.506 e. The van der Waals surface area contributed by atoms with Gasteiger partial charge in [-0.1, -0.05) is 31.5 Å². The summed E-state index contributed by atoms with van der Waals surface area (Å²) in [5.74, 6) is 1.09. The lowest BCUT2D eigenvalue weighted by Gasteiger charge is -2.65. The van der Waals surface area contributed by atoms with E-state index in [1.54, 1.807) is 6.07 Å². The third-order valence-electron chi connectivity index (χ3n) is 6.19. The van der Waals surface area contributed by atoms with Gasteiger partial charge in [-0.2, -0.15) is 0 Å². The molecule has 0 amide bonds. The van der Waals surface area contributed by atoms with Gasteiger partial charge in [0, 0.05) is 0 Å². The standard InChI is InChI=1S/C18H23ClO/c1-16-6-12-7-17(2,9-16)11-18(8-12,10-16)13-3-4-15(20)14(19)5-13/h3-5,12,20H,6-11H2,1-2H3. The van der Waals surface area contributed by atoms with Gasteiger partial charge < -0.3 is 5.11 Å². The predicted octanol–water partition coefficient (Wildman–Crippen LogP) is 5.29. The fourth-order valence-electron chi connectivity index (χ4n) is 6.61. The smallest absolute Gasteiger partial charge is 0.134 e. The number of hydrogen-bond acceptors (Lipinski definition) is 1. The first-order chi connectivity index (χ1) is 9.32. The van der Waals surface area contributed by atoms with Gasteiger partial charge in [-0.3, -0.25) is 0 Å². The van der Waals surface area contributed by atoms with Crippen molar-refractivity contribution in [2.24, 2.45) is 16.7 Å². The van der Waals surface area contributed by atoms with Crippen LogP contribution in [0.2, 0.25) is 5.02 Å². The molecule has 1 nitrogen and oxygen atoms in total. The summed E-state index contributed by atoms with van der Waals surface area (Å²) in [5, 5.41) is 10.2. The van der Waals surface area contributed by atoms with Gasteiger partial charge in [0.25, 0.3) is 0 Å². The normalized spacial score (nSPS) is 45.9. The van der Waals surface area contributed by atoms with Crippen LogP contribution in [0.5, 0.6) is 5.75 Å². The van der Waals surface area contributed by atoms with Crippen LogP contribution in [-0.2, 0) is 5.41 Å². The van der Waals surface area contributed by atoms with Crippen molar-refractivity contribution in [3.05, 3.63) is 28.8 Å². The number of phenolic OH excluding ortho intramolecular Hbond substituents is 1. The second-order valence-corrected chi connectivity index (χ2v) is 8.98. The highest BCUT2D eigenvalue weighted by Gasteiger charge is 2.60. The molecule has 2 unspecified atom stereocenters. The van der Waals surface area contributed by atoms with Crippen LogP contribution in [0.1, 0.15) is 57.9 Å². The lowest BCUT2D eigenvalue weighted by Crippen LogP contribution is -2.56. The predicted molar refractivity (Wildman–Crippen MR) is 82.2 cm³/mol. The van der Waals surface area contributed by atoms with Crippen LogP contribution in [0.15, 0.2) is 18.2 Å². The molecule has 4 aliphatic carbocycles. The molecular weight excluding hydrogens is 268 g/mol. The van der Waals surface area contributed by atoms with Crippen LogP contribution in [-0.4, -0.2) is 5.11 Å². The molecule has 0 spiro atoms. The van der Waals surface area contributed by atoms with Crippen LogP contribution in [0, 0.1) is 16.7 Å². The quantitative estimate of drug-likeness (QED) is 0.745. The second kappa shape index (κ2) is 3.74. The van der Waals surface area contributed by atoms with Crippen molar-refractivity contribution >= 4 is 11.6 Å². The lowest BCUT2D eigenvalue weighted by molar-refractivity contribution is -0.110. The van der Waals surface area contributed by atoms with E-state index >= 15 is 0 Å². The summed E-state index contributed by atoms with van der Waals surface area (Å²) >= 11 is 6.17. The largest absolute Gasteiger partial charge is 0.506 e. The van der Waals surface area contributed by atoms with Crippen molar-refractivity contribution in [3.8, 4) is 5.75 Å². The van der Waals surface area contributed by atoms with Gasteiger partial charge in [0.1, 0.15) is 5.75 Å². The van der Waals surface area contributed by atoms with E-state index in [1.165, 1.54) is 44.1 Å². The monoisotopic (exact) mass is 290 g/mol. The molecule has 2 heteroatoms. The van der Waals surface area contributed by atoms with Crippen LogP contribution in [0.3, 0.4) is 0 Å². The number of phenols is 1. The molecule has 4 fully saturated rings. The third kappa shape index (κ3) is 1.75. The fraction of sp³-hybridized carbons (Fsp3) is 0.667. The minimum absolute atomic E-state index is 0.206. The number of halogens is 1. The maximum absolute atomic E-state index is 9.69. The summed E-state index contributed by atoms with van der Waals surface area (Å²) in [6.45, 7) is 4.99. The van der Waals surface area contributed by atoms with Crippen molar-refractivity contribution in [3.63, 3.8) is 0 Å². The Morgan fingerprint density at radius 2 is 1.70 bits per heavy atom. The second-order valence-electron chi connectivity index (χ2n) is 8.58. The molecule has 0 saturated heterocycles. The summed E-state index contributed by atoms with van der Waals surface area (Å²) in [6.07, 6.45) is 8.13. The van der Waals surface area contributed by atoms with Crippen molar-refractivity contribution in [2.75, 3.05) is 0 Å². The molecule has 4 bridgehead atoms. The number of hydrogen-bond donors (Lipinski definition) is 1. The molecule has 2 atom stereocenters. The fourth-order valence-corrected chi connectivity index (χ4v) is 6.79. The van der Waals surface area contributed by atoms with Gasteiger partial charge in [-0.05, 0) is 78.4 Å². The van der Waals surface area contributed by atoms with Gasteiger partial charge in [-0.25, -0.2) is 0 Å². The van der Waals surface area contributed by atoms with Gasteiger partial charge in [0.05, 0.1) is 5.02 Å². The first-order valence-corrected chi connectivity index (χ1v) is 8.19. The van der Waals surface area contributed by atoms with Gasteiger partial charge in [0.2, 0.25) is 0 Å². The Morgan fingerprint density at radius 3 is 2.25 bits per heavy atom. The summed E-state index contributed by atoms with van der Waals surface area (Å²) < 4.78 is 0. The van der Waals surface area contributed by atoms with Crippen molar-refractivity contribution in [1.82, 2.24) is 0 Å². The molecule has 1 aromatic carbocycles. The van der Waals surface area contributed by atoms with Crippen LogP contribution in [0.4, 0.5) is 0 Å². The van der Waals surface area contributed by atoms with Crippen LogP contribution in [0.25, 0.3) is 0 Å². The molecule has 108 valence electrons. The summed E-state index contributed by atoms with van der Waals surface area (Å²) in [4.78, 5) is 0. The summed E-state index contributed by atoms with van der Waals surface area (Å²) in [5.41, 5.74) is 2.69. The summed E-state index contributed by atoms with van der Waals surface area (Å²) in [6, 6.07) is 5.92. The molecule has 5 rings (SSSR count). The average Bonchev–Trinajstić information content (AvgIpc) is 2.27. The molecule has 4 aliphatic rings. The molecule has 1 N–H and O–H groups in total. The van der Waals surface area contributed by atoms with Crippen molar-refractivity contribution in [1.29, 1.82) is 0 Å². The van der Waals surface area contributed by atoms with E-state index in [-0.39, 0.29) is 5.75 Å². The highest BCUT2D eigenvalue weighted by Crippen LogP contribution is 2.69. The molecule has 20 heavy (non-hydrogen) atoms. The summed E-state index contributed by atoms with van der Waals surface area (Å²) in [7, 11) is 0. The minimum atomic E-state index is 0.206. The van der Waals surface area contributed by atoms with Gasteiger partial charge in [-0.15, -0.1) is 0 Å². The zero-order chi connectivity index (χ0) is 14.2. The van der Waals surface area contributed by atoms with Crippen LogP contribution >= 0.6 is 11.6 Å².